The topological polar surface area (TPSA) is 64.0 Å². The fourth-order valence-electron chi connectivity index (χ4n) is 3.69. The van der Waals surface area contributed by atoms with Crippen LogP contribution in [0.3, 0.4) is 0 Å². The van der Waals surface area contributed by atoms with Crippen molar-refractivity contribution in [2.45, 2.75) is 37.1 Å². The van der Waals surface area contributed by atoms with Crippen molar-refractivity contribution in [1.82, 2.24) is 14.5 Å². The number of sulfonamides is 1. The van der Waals surface area contributed by atoms with E-state index in [0.29, 0.717) is 17.4 Å². The van der Waals surface area contributed by atoms with Gasteiger partial charge in [-0.15, -0.1) is 0 Å². The van der Waals surface area contributed by atoms with E-state index in [0.717, 1.165) is 12.8 Å². The first-order valence-electron chi connectivity index (χ1n) is 8.68. The van der Waals surface area contributed by atoms with E-state index in [-0.39, 0.29) is 4.90 Å². The van der Waals surface area contributed by atoms with Crippen molar-refractivity contribution in [2.24, 2.45) is 0 Å². The van der Waals surface area contributed by atoms with Crippen LogP contribution >= 0.6 is 0 Å². The van der Waals surface area contributed by atoms with Crippen molar-refractivity contribution in [1.29, 1.82) is 0 Å². The molecule has 0 radical (unpaired) electrons. The fourth-order valence-corrected chi connectivity index (χ4v) is 4.51. The number of hydrogen-bond acceptors (Lipinski definition) is 3. The van der Waals surface area contributed by atoms with E-state index in [4.69, 9.17) is 0 Å². The molecule has 0 spiro atoms. The molecule has 0 unspecified atom stereocenters. The van der Waals surface area contributed by atoms with E-state index in [2.05, 4.69) is 28.0 Å². The van der Waals surface area contributed by atoms with Gasteiger partial charge in [0.15, 0.2) is 0 Å². The maximum atomic E-state index is 14.4. The summed E-state index contributed by atoms with van der Waals surface area (Å²) in [6, 6.07) is 8.91. The van der Waals surface area contributed by atoms with Crippen LogP contribution in [-0.4, -0.2) is 25.2 Å². The molecular formula is C19H20FN3O2S. The van der Waals surface area contributed by atoms with E-state index in [1.54, 1.807) is 10.9 Å². The van der Waals surface area contributed by atoms with E-state index in [1.807, 2.05) is 0 Å². The maximum Gasteiger partial charge on any atom is 0.243 e. The lowest BCUT2D eigenvalue weighted by Gasteiger charge is -2.19. The van der Waals surface area contributed by atoms with Crippen molar-refractivity contribution in [2.75, 3.05) is 7.05 Å². The molecule has 1 aliphatic rings. The molecule has 7 heteroatoms. The van der Waals surface area contributed by atoms with Crippen molar-refractivity contribution in [3.05, 3.63) is 59.0 Å². The molecule has 1 aromatic heterocycles. The van der Waals surface area contributed by atoms with Crippen LogP contribution in [0.25, 0.3) is 10.9 Å². The third-order valence-corrected chi connectivity index (χ3v) is 6.50. The van der Waals surface area contributed by atoms with E-state index >= 15 is 0 Å². The summed E-state index contributed by atoms with van der Waals surface area (Å²) in [5.74, 6) is -0.774. The Morgan fingerprint density at radius 2 is 2.04 bits per heavy atom. The van der Waals surface area contributed by atoms with Gasteiger partial charge in [-0.2, -0.15) is 5.10 Å². The number of rotatable bonds is 4. The number of fused-ring (bicyclic) bond motifs is 2. The van der Waals surface area contributed by atoms with Gasteiger partial charge in [0, 0.05) is 11.5 Å². The molecule has 1 heterocycles. The molecule has 5 nitrogen and oxygen atoms in total. The molecule has 0 saturated carbocycles. The number of aromatic nitrogens is 2. The van der Waals surface area contributed by atoms with Gasteiger partial charge in [-0.3, -0.25) is 4.68 Å². The summed E-state index contributed by atoms with van der Waals surface area (Å²) in [6.45, 7) is 0.546. The highest BCUT2D eigenvalue weighted by Gasteiger charge is 2.20. The van der Waals surface area contributed by atoms with Gasteiger partial charge in [0.25, 0.3) is 0 Å². The number of aryl methyl sites for hydroxylation is 1. The SMILES string of the molecule is CNS(=O)(=O)c1cc2cnn(Cc3cccc4c3CCCC4)c2cc1F. The number of nitrogens with zero attached hydrogens (tertiary/aromatic N) is 2. The van der Waals surface area contributed by atoms with Crippen molar-refractivity contribution in [3.8, 4) is 0 Å². The van der Waals surface area contributed by atoms with Gasteiger partial charge in [-0.05, 0) is 55.5 Å². The minimum absolute atomic E-state index is 0.357. The molecule has 3 aromatic rings. The van der Waals surface area contributed by atoms with Gasteiger partial charge in [-0.1, -0.05) is 18.2 Å². The Kier molecular flexibility index (Phi) is 4.28. The Morgan fingerprint density at radius 3 is 2.85 bits per heavy atom. The average Bonchev–Trinajstić information content (AvgIpc) is 3.03. The van der Waals surface area contributed by atoms with E-state index in [9.17, 15) is 12.8 Å². The second-order valence-corrected chi connectivity index (χ2v) is 8.47. The normalized spacial score (nSPS) is 14.5. The molecule has 0 fully saturated rings. The Morgan fingerprint density at radius 1 is 1.23 bits per heavy atom. The Labute approximate surface area is 151 Å². The second-order valence-electron chi connectivity index (χ2n) is 6.61. The molecule has 0 amide bonds. The lowest BCUT2D eigenvalue weighted by molar-refractivity contribution is 0.562. The smallest absolute Gasteiger partial charge is 0.243 e. The molecule has 0 aliphatic heterocycles. The molecular weight excluding hydrogens is 353 g/mol. The Bertz CT molecular complexity index is 1090. The zero-order valence-corrected chi connectivity index (χ0v) is 15.3. The van der Waals surface area contributed by atoms with Crippen molar-refractivity contribution < 1.29 is 12.8 Å². The quantitative estimate of drug-likeness (QED) is 0.765. The first kappa shape index (κ1) is 17.2. The van der Waals surface area contributed by atoms with Crippen LogP contribution in [0.1, 0.15) is 29.5 Å². The predicted octanol–water partition coefficient (Wildman–Crippen LogP) is 3.01. The van der Waals surface area contributed by atoms with Gasteiger partial charge in [-0.25, -0.2) is 17.5 Å². The van der Waals surface area contributed by atoms with Gasteiger partial charge in [0.2, 0.25) is 10.0 Å². The Balaban J connectivity index is 1.76. The van der Waals surface area contributed by atoms with Crippen molar-refractivity contribution >= 4 is 20.9 Å². The van der Waals surface area contributed by atoms with Crippen LogP contribution in [0.2, 0.25) is 0 Å². The largest absolute Gasteiger partial charge is 0.260 e. The summed E-state index contributed by atoms with van der Waals surface area (Å²) >= 11 is 0. The predicted molar refractivity (Wildman–Crippen MR) is 98.1 cm³/mol. The molecule has 136 valence electrons. The van der Waals surface area contributed by atoms with E-state index < -0.39 is 15.8 Å². The van der Waals surface area contributed by atoms with Crippen LogP contribution in [0, 0.1) is 5.82 Å². The Hall–Kier alpha value is -2.25. The third kappa shape index (κ3) is 2.91. The fraction of sp³-hybridized carbons (Fsp3) is 0.316. The molecule has 0 bridgehead atoms. The van der Waals surface area contributed by atoms with Gasteiger partial charge in [0.05, 0.1) is 18.3 Å². The number of nitrogens with one attached hydrogen (secondary N) is 1. The molecule has 0 saturated heterocycles. The first-order valence-corrected chi connectivity index (χ1v) is 10.2. The standard InChI is InChI=1S/C19H20FN3O2S/c1-21-26(24,25)19-9-15-11-22-23(18(15)10-17(19)20)12-14-7-4-6-13-5-2-3-8-16(13)14/h4,6-7,9-11,21H,2-3,5,8,12H2,1H3. The van der Waals surface area contributed by atoms with Crippen LogP contribution in [0.4, 0.5) is 4.39 Å². The summed E-state index contributed by atoms with van der Waals surface area (Å²) in [6.07, 6.45) is 6.14. The van der Waals surface area contributed by atoms with Crippen molar-refractivity contribution in [3.63, 3.8) is 0 Å². The highest BCUT2D eigenvalue weighted by atomic mass is 32.2. The maximum absolute atomic E-state index is 14.4. The summed E-state index contributed by atoms with van der Waals surface area (Å²) in [4.78, 5) is -0.357. The summed E-state index contributed by atoms with van der Waals surface area (Å²) in [7, 11) is -2.58. The number of halogens is 1. The second kappa shape index (κ2) is 6.48. The summed E-state index contributed by atoms with van der Waals surface area (Å²) in [5, 5.41) is 4.97. The minimum atomic E-state index is -3.84. The zero-order chi connectivity index (χ0) is 18.3. The van der Waals surface area contributed by atoms with Gasteiger partial charge >= 0.3 is 0 Å². The molecule has 0 atom stereocenters. The summed E-state index contributed by atoms with van der Waals surface area (Å²) in [5.41, 5.74) is 4.54. The zero-order valence-electron chi connectivity index (χ0n) is 14.5. The number of benzene rings is 2. The van der Waals surface area contributed by atoms with Gasteiger partial charge in [0.1, 0.15) is 10.7 Å². The van der Waals surface area contributed by atoms with E-state index in [1.165, 1.54) is 48.7 Å². The first-order chi connectivity index (χ1) is 12.5. The lowest BCUT2D eigenvalue weighted by Crippen LogP contribution is -2.19. The molecule has 1 aliphatic carbocycles. The summed E-state index contributed by atoms with van der Waals surface area (Å²) < 4.78 is 42.2. The van der Waals surface area contributed by atoms with Gasteiger partial charge < -0.3 is 0 Å². The monoisotopic (exact) mass is 373 g/mol. The van der Waals surface area contributed by atoms with Crippen LogP contribution < -0.4 is 4.72 Å². The number of hydrogen-bond donors (Lipinski definition) is 1. The third-order valence-electron chi connectivity index (χ3n) is 5.07. The highest BCUT2D eigenvalue weighted by molar-refractivity contribution is 7.89. The molecule has 2 aromatic carbocycles. The van der Waals surface area contributed by atoms with Crippen LogP contribution in [-0.2, 0) is 29.4 Å². The highest BCUT2D eigenvalue weighted by Crippen LogP contribution is 2.27. The lowest BCUT2D eigenvalue weighted by atomic mass is 9.88. The minimum Gasteiger partial charge on any atom is -0.260 e. The molecule has 4 rings (SSSR count). The van der Waals surface area contributed by atoms with Crippen LogP contribution in [0.15, 0.2) is 41.4 Å². The average molecular weight is 373 g/mol. The molecule has 1 N–H and O–H groups in total. The molecule has 26 heavy (non-hydrogen) atoms. The van der Waals surface area contributed by atoms with Crippen LogP contribution in [0.5, 0.6) is 0 Å².